The van der Waals surface area contributed by atoms with Gasteiger partial charge in [-0.15, -0.1) is 0 Å². The Morgan fingerprint density at radius 1 is 1.48 bits per heavy atom. The zero-order chi connectivity index (χ0) is 15.6. The first-order chi connectivity index (χ1) is 9.86. The van der Waals surface area contributed by atoms with Gasteiger partial charge >= 0.3 is 0 Å². The number of aliphatic hydroxyl groups is 1. The molecular formula is C15H22Cl2N2O2. The van der Waals surface area contributed by atoms with Gasteiger partial charge in [0, 0.05) is 13.6 Å². The first-order valence-corrected chi connectivity index (χ1v) is 8.13. The molecule has 0 spiro atoms. The number of hydrogen-bond acceptors (Lipinski definition) is 2. The van der Waals surface area contributed by atoms with Gasteiger partial charge in [0.15, 0.2) is 0 Å². The van der Waals surface area contributed by atoms with E-state index in [1.165, 1.54) is 10.6 Å². The van der Waals surface area contributed by atoms with Crippen LogP contribution in [0.1, 0.15) is 49.5 Å². The van der Waals surface area contributed by atoms with Crippen LogP contribution in [0.25, 0.3) is 0 Å². The van der Waals surface area contributed by atoms with Crippen LogP contribution >= 0.6 is 23.2 Å². The van der Waals surface area contributed by atoms with Crippen LogP contribution < -0.4 is 5.32 Å². The molecule has 1 heterocycles. The lowest BCUT2D eigenvalue weighted by atomic mass is 9.78. The molecule has 21 heavy (non-hydrogen) atoms. The van der Waals surface area contributed by atoms with Crippen LogP contribution in [-0.4, -0.2) is 27.7 Å². The Morgan fingerprint density at radius 3 is 2.57 bits per heavy atom. The molecule has 2 rings (SSSR count). The van der Waals surface area contributed by atoms with Gasteiger partial charge in [0.05, 0.1) is 10.6 Å². The molecule has 1 aromatic heterocycles. The third kappa shape index (κ3) is 3.74. The fourth-order valence-corrected chi connectivity index (χ4v) is 3.27. The molecule has 0 saturated heterocycles. The summed E-state index contributed by atoms with van der Waals surface area (Å²) in [6, 6.07) is 1.54. The van der Waals surface area contributed by atoms with Crippen molar-refractivity contribution in [2.24, 2.45) is 13.0 Å². The van der Waals surface area contributed by atoms with Crippen molar-refractivity contribution in [3.8, 4) is 0 Å². The lowest BCUT2D eigenvalue weighted by Gasteiger charge is -2.35. The zero-order valence-electron chi connectivity index (χ0n) is 12.5. The van der Waals surface area contributed by atoms with E-state index in [1.807, 2.05) is 0 Å². The molecule has 0 aromatic carbocycles. The topological polar surface area (TPSA) is 54.3 Å². The Balaban J connectivity index is 1.93. The van der Waals surface area contributed by atoms with Crippen molar-refractivity contribution < 1.29 is 9.90 Å². The monoisotopic (exact) mass is 332 g/mol. The maximum Gasteiger partial charge on any atom is 0.268 e. The van der Waals surface area contributed by atoms with Gasteiger partial charge in [0.1, 0.15) is 10.8 Å². The third-order valence-corrected chi connectivity index (χ3v) is 5.38. The number of rotatable bonds is 4. The lowest BCUT2D eigenvalue weighted by molar-refractivity contribution is -0.00792. The molecular weight excluding hydrogens is 311 g/mol. The Kier molecular flexibility index (Phi) is 5.23. The van der Waals surface area contributed by atoms with Gasteiger partial charge < -0.3 is 15.0 Å². The molecule has 4 nitrogen and oxygen atoms in total. The standard InChI is InChI=1S/C15H22Cl2N2O2/c1-3-10-4-6-15(21,7-5-10)9-18-14(20)12-8-11(16)13(17)19(12)2/h8,10,21H,3-7,9H2,1-2H3,(H,18,20). The summed E-state index contributed by atoms with van der Waals surface area (Å²) in [6.45, 7) is 2.45. The van der Waals surface area contributed by atoms with Gasteiger partial charge in [-0.2, -0.15) is 0 Å². The van der Waals surface area contributed by atoms with Gasteiger partial charge in [0.2, 0.25) is 0 Å². The number of hydrogen-bond donors (Lipinski definition) is 2. The van der Waals surface area contributed by atoms with Crippen LogP contribution in [0, 0.1) is 5.92 Å². The Labute approximate surface area is 135 Å². The molecule has 2 N–H and O–H groups in total. The largest absolute Gasteiger partial charge is 0.388 e. The second-order valence-electron chi connectivity index (χ2n) is 5.99. The Morgan fingerprint density at radius 2 is 2.10 bits per heavy atom. The minimum absolute atomic E-state index is 0.266. The molecule has 1 aliphatic rings. The Hall–Kier alpha value is -0.710. The van der Waals surface area contributed by atoms with Gasteiger partial charge in [-0.1, -0.05) is 36.5 Å². The van der Waals surface area contributed by atoms with Crippen LogP contribution in [0.4, 0.5) is 0 Å². The quantitative estimate of drug-likeness (QED) is 0.887. The van der Waals surface area contributed by atoms with Crippen molar-refractivity contribution >= 4 is 29.1 Å². The van der Waals surface area contributed by atoms with Crippen LogP contribution in [0.5, 0.6) is 0 Å². The summed E-state index contributed by atoms with van der Waals surface area (Å²) >= 11 is 11.9. The summed E-state index contributed by atoms with van der Waals surface area (Å²) < 4.78 is 1.54. The maximum absolute atomic E-state index is 12.2. The highest BCUT2D eigenvalue weighted by Gasteiger charge is 2.33. The number of carbonyl (C=O) groups is 1. The van der Waals surface area contributed by atoms with Crippen molar-refractivity contribution in [3.05, 3.63) is 21.9 Å². The highest BCUT2D eigenvalue weighted by molar-refractivity contribution is 6.41. The molecule has 1 saturated carbocycles. The van der Waals surface area contributed by atoms with Gasteiger partial charge in [-0.3, -0.25) is 4.79 Å². The van der Waals surface area contributed by atoms with Crippen molar-refractivity contribution in [1.82, 2.24) is 9.88 Å². The minimum atomic E-state index is -0.792. The van der Waals surface area contributed by atoms with E-state index in [0.717, 1.165) is 32.1 Å². The van der Waals surface area contributed by atoms with Gasteiger partial charge in [0.25, 0.3) is 5.91 Å². The normalized spacial score (nSPS) is 25.9. The van der Waals surface area contributed by atoms with Gasteiger partial charge in [-0.05, 0) is 37.7 Å². The highest BCUT2D eigenvalue weighted by Crippen LogP contribution is 2.33. The number of nitrogens with zero attached hydrogens (tertiary/aromatic N) is 1. The van der Waals surface area contributed by atoms with Crippen molar-refractivity contribution in [1.29, 1.82) is 0 Å². The SMILES string of the molecule is CCC1CCC(O)(CNC(=O)c2cc(Cl)c(Cl)n2C)CC1. The molecule has 6 heteroatoms. The van der Waals surface area contributed by atoms with Crippen LogP contribution in [0.3, 0.4) is 0 Å². The summed E-state index contributed by atoms with van der Waals surface area (Å²) in [5.74, 6) is 0.434. The smallest absolute Gasteiger partial charge is 0.268 e. The first kappa shape index (κ1) is 16.7. The molecule has 0 bridgehead atoms. The average molecular weight is 333 g/mol. The number of nitrogens with one attached hydrogen (secondary N) is 1. The highest BCUT2D eigenvalue weighted by atomic mass is 35.5. The first-order valence-electron chi connectivity index (χ1n) is 7.37. The van der Waals surface area contributed by atoms with E-state index in [9.17, 15) is 9.90 Å². The Bertz CT molecular complexity index is 520. The fraction of sp³-hybridized carbons (Fsp3) is 0.667. The predicted octanol–water partition coefficient (Wildman–Crippen LogP) is 3.39. The summed E-state index contributed by atoms with van der Waals surface area (Å²) in [5.41, 5.74) is -0.393. The van der Waals surface area contributed by atoms with E-state index in [2.05, 4.69) is 12.2 Å². The van der Waals surface area contributed by atoms with E-state index in [4.69, 9.17) is 23.2 Å². The number of carbonyl (C=O) groups excluding carboxylic acids is 1. The second-order valence-corrected chi connectivity index (χ2v) is 6.75. The lowest BCUT2D eigenvalue weighted by Crippen LogP contribution is -2.45. The van der Waals surface area contributed by atoms with Crippen LogP contribution in [-0.2, 0) is 7.05 Å². The van der Waals surface area contributed by atoms with E-state index in [-0.39, 0.29) is 12.5 Å². The summed E-state index contributed by atoms with van der Waals surface area (Å²) in [4.78, 5) is 12.2. The van der Waals surface area contributed by atoms with Crippen molar-refractivity contribution in [3.63, 3.8) is 0 Å². The predicted molar refractivity (Wildman–Crippen MR) is 85.0 cm³/mol. The molecule has 1 aromatic rings. The van der Waals surface area contributed by atoms with E-state index in [1.54, 1.807) is 7.05 Å². The number of aromatic nitrogens is 1. The average Bonchev–Trinajstić information content (AvgIpc) is 2.73. The molecule has 0 aliphatic heterocycles. The van der Waals surface area contributed by atoms with Crippen LogP contribution in [0.15, 0.2) is 6.07 Å². The molecule has 0 unspecified atom stereocenters. The molecule has 1 amide bonds. The molecule has 0 atom stereocenters. The van der Waals surface area contributed by atoms with Crippen LogP contribution in [0.2, 0.25) is 10.2 Å². The molecule has 1 aliphatic carbocycles. The van der Waals surface area contributed by atoms with E-state index < -0.39 is 5.60 Å². The molecule has 1 fully saturated rings. The van der Waals surface area contributed by atoms with Crippen molar-refractivity contribution in [2.45, 2.75) is 44.6 Å². The summed E-state index contributed by atoms with van der Waals surface area (Å²) in [7, 11) is 1.68. The fourth-order valence-electron chi connectivity index (χ4n) is 2.90. The van der Waals surface area contributed by atoms with E-state index >= 15 is 0 Å². The number of halogens is 2. The summed E-state index contributed by atoms with van der Waals surface area (Å²) in [5, 5.41) is 14.0. The molecule has 118 valence electrons. The zero-order valence-corrected chi connectivity index (χ0v) is 14.0. The number of amides is 1. The minimum Gasteiger partial charge on any atom is -0.388 e. The third-order valence-electron chi connectivity index (χ3n) is 4.54. The second kappa shape index (κ2) is 6.59. The van der Waals surface area contributed by atoms with E-state index in [0.29, 0.717) is 21.8 Å². The summed E-state index contributed by atoms with van der Waals surface area (Å²) in [6.07, 6.45) is 4.67. The van der Waals surface area contributed by atoms with Crippen molar-refractivity contribution in [2.75, 3.05) is 6.54 Å². The maximum atomic E-state index is 12.2. The van der Waals surface area contributed by atoms with Gasteiger partial charge in [-0.25, -0.2) is 0 Å². The molecule has 0 radical (unpaired) electrons.